The second-order valence-corrected chi connectivity index (χ2v) is 3.50. The van der Waals surface area contributed by atoms with E-state index in [0.717, 1.165) is 0 Å². The molecule has 0 bridgehead atoms. The van der Waals surface area contributed by atoms with E-state index in [-0.39, 0.29) is 11.3 Å². The standard InChI is InChI=1S/C12H15NO5/c1-7(11(14)17-3)18-12(15)8-5-4-6-9(13)10(8)16-2/h4-7H,13H2,1-3H3. The number of benzene rings is 1. The molecule has 18 heavy (non-hydrogen) atoms. The van der Waals surface area contributed by atoms with E-state index in [1.165, 1.54) is 27.2 Å². The van der Waals surface area contributed by atoms with Crippen molar-refractivity contribution in [3.63, 3.8) is 0 Å². The van der Waals surface area contributed by atoms with Crippen LogP contribution in [-0.4, -0.2) is 32.3 Å². The number of methoxy groups -OCH3 is 2. The number of hydrogen-bond donors (Lipinski definition) is 1. The van der Waals surface area contributed by atoms with E-state index in [1.807, 2.05) is 0 Å². The normalized spacial score (nSPS) is 11.5. The number of ether oxygens (including phenoxy) is 3. The summed E-state index contributed by atoms with van der Waals surface area (Å²) < 4.78 is 14.4. The first-order valence-electron chi connectivity index (χ1n) is 5.22. The van der Waals surface area contributed by atoms with E-state index in [9.17, 15) is 9.59 Å². The first kappa shape index (κ1) is 13.8. The summed E-state index contributed by atoms with van der Waals surface area (Å²) in [5.41, 5.74) is 6.14. The van der Waals surface area contributed by atoms with Gasteiger partial charge in [0.25, 0.3) is 0 Å². The molecule has 98 valence electrons. The fourth-order valence-electron chi connectivity index (χ4n) is 1.38. The van der Waals surface area contributed by atoms with Gasteiger partial charge in [0.2, 0.25) is 0 Å². The van der Waals surface area contributed by atoms with Crippen LogP contribution in [0.4, 0.5) is 5.69 Å². The van der Waals surface area contributed by atoms with Gasteiger partial charge in [-0.3, -0.25) is 0 Å². The lowest BCUT2D eigenvalue weighted by molar-refractivity contribution is -0.149. The van der Waals surface area contributed by atoms with Crippen molar-refractivity contribution in [1.29, 1.82) is 0 Å². The maximum absolute atomic E-state index is 11.8. The highest BCUT2D eigenvalue weighted by Gasteiger charge is 2.22. The van der Waals surface area contributed by atoms with Crippen molar-refractivity contribution >= 4 is 17.6 Å². The number of carbonyl (C=O) groups excluding carboxylic acids is 2. The molecule has 0 saturated heterocycles. The number of hydrogen-bond acceptors (Lipinski definition) is 6. The molecular weight excluding hydrogens is 238 g/mol. The average molecular weight is 253 g/mol. The predicted octanol–water partition coefficient (Wildman–Crippen LogP) is 0.996. The molecule has 1 aromatic rings. The van der Waals surface area contributed by atoms with Gasteiger partial charge in [0, 0.05) is 0 Å². The van der Waals surface area contributed by atoms with Crippen LogP contribution >= 0.6 is 0 Å². The molecule has 0 amide bonds. The number of anilines is 1. The Labute approximate surface area is 105 Å². The van der Waals surface area contributed by atoms with E-state index in [2.05, 4.69) is 4.74 Å². The van der Waals surface area contributed by atoms with Crippen LogP contribution in [0.15, 0.2) is 18.2 Å². The third-order valence-electron chi connectivity index (χ3n) is 2.29. The second-order valence-electron chi connectivity index (χ2n) is 3.50. The van der Waals surface area contributed by atoms with Crippen molar-refractivity contribution in [1.82, 2.24) is 0 Å². The summed E-state index contributed by atoms with van der Waals surface area (Å²) >= 11 is 0. The quantitative estimate of drug-likeness (QED) is 0.636. The Morgan fingerprint density at radius 1 is 1.28 bits per heavy atom. The molecule has 2 N–H and O–H groups in total. The molecule has 1 atom stereocenters. The molecule has 6 nitrogen and oxygen atoms in total. The molecular formula is C12H15NO5. The van der Waals surface area contributed by atoms with E-state index in [1.54, 1.807) is 12.1 Å². The smallest absolute Gasteiger partial charge is 0.346 e. The van der Waals surface area contributed by atoms with Gasteiger partial charge in [-0.25, -0.2) is 9.59 Å². The fourth-order valence-corrected chi connectivity index (χ4v) is 1.38. The van der Waals surface area contributed by atoms with Crippen LogP contribution in [0, 0.1) is 0 Å². The highest BCUT2D eigenvalue weighted by atomic mass is 16.6. The molecule has 0 heterocycles. The Hall–Kier alpha value is -2.24. The third kappa shape index (κ3) is 2.91. The average Bonchev–Trinajstić information content (AvgIpc) is 2.37. The lowest BCUT2D eigenvalue weighted by atomic mass is 10.1. The summed E-state index contributed by atoms with van der Waals surface area (Å²) in [5, 5.41) is 0. The molecule has 0 spiro atoms. The van der Waals surface area contributed by atoms with Gasteiger partial charge in [-0.1, -0.05) is 6.07 Å². The first-order valence-corrected chi connectivity index (χ1v) is 5.22. The van der Waals surface area contributed by atoms with Crippen molar-refractivity contribution in [2.75, 3.05) is 20.0 Å². The molecule has 0 aliphatic carbocycles. The van der Waals surface area contributed by atoms with Crippen LogP contribution in [0.1, 0.15) is 17.3 Å². The number of para-hydroxylation sites is 1. The van der Waals surface area contributed by atoms with E-state index in [0.29, 0.717) is 5.69 Å². The van der Waals surface area contributed by atoms with Crippen LogP contribution in [-0.2, 0) is 14.3 Å². The maximum atomic E-state index is 11.8. The third-order valence-corrected chi connectivity index (χ3v) is 2.29. The van der Waals surface area contributed by atoms with Gasteiger partial charge < -0.3 is 19.9 Å². The van der Waals surface area contributed by atoms with Crippen molar-refractivity contribution in [3.8, 4) is 5.75 Å². The van der Waals surface area contributed by atoms with Crippen molar-refractivity contribution in [3.05, 3.63) is 23.8 Å². The zero-order valence-corrected chi connectivity index (χ0v) is 10.4. The van der Waals surface area contributed by atoms with Gasteiger partial charge in [0.05, 0.1) is 19.9 Å². The Morgan fingerprint density at radius 3 is 2.50 bits per heavy atom. The van der Waals surface area contributed by atoms with Gasteiger partial charge in [0.15, 0.2) is 11.9 Å². The van der Waals surface area contributed by atoms with Crippen LogP contribution in [0.2, 0.25) is 0 Å². The molecule has 1 rings (SSSR count). The molecule has 0 saturated carbocycles. The van der Waals surface area contributed by atoms with Crippen LogP contribution in [0.25, 0.3) is 0 Å². The van der Waals surface area contributed by atoms with Gasteiger partial charge >= 0.3 is 11.9 Å². The lowest BCUT2D eigenvalue weighted by Gasteiger charge is -2.13. The Morgan fingerprint density at radius 2 is 1.94 bits per heavy atom. The summed E-state index contributed by atoms with van der Waals surface area (Å²) in [6.07, 6.45) is -0.992. The van der Waals surface area contributed by atoms with Crippen LogP contribution in [0.3, 0.4) is 0 Å². The van der Waals surface area contributed by atoms with Gasteiger partial charge in [-0.05, 0) is 19.1 Å². The predicted molar refractivity (Wildman–Crippen MR) is 64.3 cm³/mol. The number of nitrogens with two attached hydrogens (primary N) is 1. The van der Waals surface area contributed by atoms with Crippen molar-refractivity contribution in [2.45, 2.75) is 13.0 Å². The lowest BCUT2D eigenvalue weighted by Crippen LogP contribution is -2.25. The van der Waals surface area contributed by atoms with Crippen molar-refractivity contribution < 1.29 is 23.8 Å². The number of esters is 2. The monoisotopic (exact) mass is 253 g/mol. The van der Waals surface area contributed by atoms with Crippen LogP contribution in [0.5, 0.6) is 5.75 Å². The van der Waals surface area contributed by atoms with E-state index >= 15 is 0 Å². The van der Waals surface area contributed by atoms with Gasteiger partial charge in [0.1, 0.15) is 5.56 Å². The first-order chi connectivity index (χ1) is 8.51. The Kier molecular flexibility index (Phi) is 4.53. The summed E-state index contributed by atoms with van der Waals surface area (Å²) in [4.78, 5) is 23.0. The highest BCUT2D eigenvalue weighted by molar-refractivity contribution is 5.95. The summed E-state index contributed by atoms with van der Waals surface area (Å²) in [6.45, 7) is 1.42. The van der Waals surface area contributed by atoms with Crippen molar-refractivity contribution in [2.24, 2.45) is 0 Å². The van der Waals surface area contributed by atoms with E-state index < -0.39 is 18.0 Å². The molecule has 0 radical (unpaired) electrons. The molecule has 0 aliphatic heterocycles. The molecule has 0 aromatic heterocycles. The minimum atomic E-state index is -0.992. The molecule has 6 heteroatoms. The number of carbonyl (C=O) groups is 2. The maximum Gasteiger partial charge on any atom is 0.346 e. The van der Waals surface area contributed by atoms with Gasteiger partial charge in [-0.15, -0.1) is 0 Å². The zero-order valence-electron chi connectivity index (χ0n) is 10.4. The van der Waals surface area contributed by atoms with Gasteiger partial charge in [-0.2, -0.15) is 0 Å². The molecule has 1 aromatic carbocycles. The Balaban J connectivity index is 2.91. The van der Waals surface area contributed by atoms with Crippen LogP contribution < -0.4 is 10.5 Å². The molecule has 1 unspecified atom stereocenters. The number of rotatable bonds is 4. The minimum absolute atomic E-state index is 0.160. The fraction of sp³-hybridized carbons (Fsp3) is 0.333. The molecule has 0 fully saturated rings. The summed E-state index contributed by atoms with van der Waals surface area (Å²) in [7, 11) is 2.61. The SMILES string of the molecule is COC(=O)C(C)OC(=O)c1cccc(N)c1OC. The minimum Gasteiger partial charge on any atom is -0.494 e. The second kappa shape index (κ2) is 5.90. The Bertz CT molecular complexity index is 458. The topological polar surface area (TPSA) is 87.9 Å². The zero-order chi connectivity index (χ0) is 13.7. The van der Waals surface area contributed by atoms with E-state index in [4.69, 9.17) is 15.2 Å². The molecule has 0 aliphatic rings. The largest absolute Gasteiger partial charge is 0.494 e. The summed E-state index contributed by atoms with van der Waals surface area (Å²) in [5.74, 6) is -1.11. The highest BCUT2D eigenvalue weighted by Crippen LogP contribution is 2.26. The summed E-state index contributed by atoms with van der Waals surface area (Å²) in [6, 6.07) is 4.69. The number of nitrogen functional groups attached to an aromatic ring is 1.